The maximum atomic E-state index is 4.85. The molecule has 2 atom stereocenters. The van der Waals surface area contributed by atoms with Crippen LogP contribution in [0.25, 0.3) is 0 Å². The van der Waals surface area contributed by atoms with Crippen LogP contribution in [0.2, 0.25) is 0 Å². The number of nitrogens with zero attached hydrogens (tertiary/aromatic N) is 1. The summed E-state index contributed by atoms with van der Waals surface area (Å²) in [6.07, 6.45) is 1.33. The van der Waals surface area contributed by atoms with Crippen molar-refractivity contribution in [3.63, 3.8) is 0 Å². The Bertz CT molecular complexity index is 368. The summed E-state index contributed by atoms with van der Waals surface area (Å²) in [6, 6.07) is 0.976. The first-order chi connectivity index (χ1) is 8.58. The Balaban J connectivity index is 2.15. The third kappa shape index (κ3) is 3.49. The van der Waals surface area contributed by atoms with Gasteiger partial charge >= 0.3 is 0 Å². The molecule has 2 rings (SSSR count). The molecule has 0 aliphatic carbocycles. The molecule has 1 saturated heterocycles. The van der Waals surface area contributed by atoms with Gasteiger partial charge < -0.3 is 5.32 Å². The van der Waals surface area contributed by atoms with Gasteiger partial charge in [0.1, 0.15) is 5.01 Å². The Morgan fingerprint density at radius 1 is 1.33 bits per heavy atom. The van der Waals surface area contributed by atoms with Crippen molar-refractivity contribution in [2.45, 2.75) is 52.1 Å². The summed E-state index contributed by atoms with van der Waals surface area (Å²) in [6.45, 7) is 8.89. The fourth-order valence-electron chi connectivity index (χ4n) is 2.29. The standard InChI is InChI=1S/C14H24N2S2/c1-9(2)12-8-18-14(16-12)13(15-10(3)4)11-5-6-17-7-11/h8-11,13,15H,5-7H2,1-4H3. The second-order valence-electron chi connectivity index (χ2n) is 5.69. The van der Waals surface area contributed by atoms with E-state index in [1.165, 1.54) is 28.6 Å². The number of nitrogens with one attached hydrogen (secondary N) is 1. The van der Waals surface area contributed by atoms with Gasteiger partial charge in [-0.05, 0) is 29.8 Å². The van der Waals surface area contributed by atoms with E-state index in [9.17, 15) is 0 Å². The molecule has 1 fully saturated rings. The van der Waals surface area contributed by atoms with E-state index in [1.807, 2.05) is 11.3 Å². The molecule has 0 radical (unpaired) electrons. The van der Waals surface area contributed by atoms with Gasteiger partial charge in [-0.25, -0.2) is 4.98 Å². The summed E-state index contributed by atoms with van der Waals surface area (Å²) in [4.78, 5) is 4.85. The third-order valence-electron chi connectivity index (χ3n) is 3.35. The highest BCUT2D eigenvalue weighted by atomic mass is 32.2. The van der Waals surface area contributed by atoms with Crippen LogP contribution < -0.4 is 5.32 Å². The van der Waals surface area contributed by atoms with Crippen LogP contribution in [0.1, 0.15) is 56.8 Å². The minimum atomic E-state index is 0.456. The zero-order valence-corrected chi connectivity index (χ0v) is 13.4. The van der Waals surface area contributed by atoms with E-state index in [0.29, 0.717) is 18.0 Å². The second kappa shape index (κ2) is 6.40. The predicted molar refractivity (Wildman–Crippen MR) is 82.6 cm³/mol. The first-order valence-electron chi connectivity index (χ1n) is 6.87. The van der Waals surface area contributed by atoms with Crippen molar-refractivity contribution < 1.29 is 0 Å². The van der Waals surface area contributed by atoms with Crippen LogP contribution in [0.15, 0.2) is 5.38 Å². The van der Waals surface area contributed by atoms with Gasteiger partial charge in [0, 0.05) is 11.4 Å². The SMILES string of the molecule is CC(C)NC(c1nc(C(C)C)cs1)C1CCSC1. The smallest absolute Gasteiger partial charge is 0.110 e. The normalized spacial score (nSPS) is 22.0. The molecule has 0 spiro atoms. The Morgan fingerprint density at radius 3 is 2.61 bits per heavy atom. The Kier molecular flexibility index (Phi) is 5.10. The lowest BCUT2D eigenvalue weighted by atomic mass is 9.99. The van der Waals surface area contributed by atoms with Crippen molar-refractivity contribution >= 4 is 23.1 Å². The summed E-state index contributed by atoms with van der Waals surface area (Å²) in [5, 5.41) is 7.25. The van der Waals surface area contributed by atoms with Gasteiger partial charge in [-0.2, -0.15) is 11.8 Å². The van der Waals surface area contributed by atoms with Gasteiger partial charge in [0.15, 0.2) is 0 Å². The van der Waals surface area contributed by atoms with E-state index in [0.717, 1.165) is 5.92 Å². The molecule has 2 nitrogen and oxygen atoms in total. The van der Waals surface area contributed by atoms with E-state index in [2.05, 4.69) is 50.2 Å². The average Bonchev–Trinajstić information content (AvgIpc) is 2.97. The fraction of sp³-hybridized carbons (Fsp3) is 0.786. The van der Waals surface area contributed by atoms with Gasteiger partial charge in [0.25, 0.3) is 0 Å². The highest BCUT2D eigenvalue weighted by molar-refractivity contribution is 7.99. The van der Waals surface area contributed by atoms with Crippen LogP contribution in [0.3, 0.4) is 0 Å². The number of hydrogen-bond acceptors (Lipinski definition) is 4. The lowest BCUT2D eigenvalue weighted by Gasteiger charge is -2.24. The third-order valence-corrected chi connectivity index (χ3v) is 5.48. The van der Waals surface area contributed by atoms with Crippen molar-refractivity contribution in [2.24, 2.45) is 5.92 Å². The van der Waals surface area contributed by atoms with Crippen LogP contribution in [-0.2, 0) is 0 Å². The van der Waals surface area contributed by atoms with Gasteiger partial charge in [0.05, 0.1) is 11.7 Å². The predicted octanol–water partition coefficient (Wildman–Crippen LogP) is 4.06. The molecule has 0 aromatic carbocycles. The molecule has 1 aliphatic rings. The maximum Gasteiger partial charge on any atom is 0.110 e. The monoisotopic (exact) mass is 284 g/mol. The maximum absolute atomic E-state index is 4.85. The van der Waals surface area contributed by atoms with Crippen molar-refractivity contribution in [3.8, 4) is 0 Å². The molecule has 102 valence electrons. The lowest BCUT2D eigenvalue weighted by Crippen LogP contribution is -2.33. The van der Waals surface area contributed by atoms with Crippen LogP contribution in [-0.4, -0.2) is 22.5 Å². The molecular formula is C14H24N2S2. The first kappa shape index (κ1) is 14.4. The molecule has 1 aromatic heterocycles. The topological polar surface area (TPSA) is 24.9 Å². The molecule has 2 unspecified atom stereocenters. The molecule has 1 aromatic rings. The van der Waals surface area contributed by atoms with Gasteiger partial charge in [0.2, 0.25) is 0 Å². The second-order valence-corrected chi connectivity index (χ2v) is 7.73. The Hall–Kier alpha value is -0.0600. The Morgan fingerprint density at radius 2 is 2.11 bits per heavy atom. The van der Waals surface area contributed by atoms with E-state index in [4.69, 9.17) is 4.98 Å². The van der Waals surface area contributed by atoms with Crippen molar-refractivity contribution in [1.29, 1.82) is 0 Å². The molecule has 4 heteroatoms. The largest absolute Gasteiger partial charge is 0.305 e. The summed E-state index contributed by atoms with van der Waals surface area (Å²) in [7, 11) is 0. The summed E-state index contributed by atoms with van der Waals surface area (Å²) < 4.78 is 0. The first-order valence-corrected chi connectivity index (χ1v) is 8.90. The highest BCUT2D eigenvalue weighted by Gasteiger charge is 2.29. The highest BCUT2D eigenvalue weighted by Crippen LogP contribution is 2.36. The van der Waals surface area contributed by atoms with Crippen LogP contribution in [0, 0.1) is 5.92 Å². The molecule has 18 heavy (non-hydrogen) atoms. The number of rotatable bonds is 5. The summed E-state index contributed by atoms with van der Waals surface area (Å²) in [5.41, 5.74) is 1.25. The molecule has 0 bridgehead atoms. The van der Waals surface area contributed by atoms with Crippen molar-refractivity contribution in [3.05, 3.63) is 16.1 Å². The van der Waals surface area contributed by atoms with Crippen molar-refractivity contribution in [2.75, 3.05) is 11.5 Å². The number of aromatic nitrogens is 1. The molecule has 1 N–H and O–H groups in total. The van der Waals surface area contributed by atoms with Gasteiger partial charge in [-0.15, -0.1) is 11.3 Å². The zero-order valence-electron chi connectivity index (χ0n) is 11.8. The van der Waals surface area contributed by atoms with E-state index in [1.54, 1.807) is 0 Å². The summed E-state index contributed by atoms with van der Waals surface area (Å²) in [5.74, 6) is 3.88. The number of thiazole rings is 1. The number of thioether (sulfide) groups is 1. The molecule has 2 heterocycles. The van der Waals surface area contributed by atoms with E-state index >= 15 is 0 Å². The summed E-state index contributed by atoms with van der Waals surface area (Å²) >= 11 is 3.91. The van der Waals surface area contributed by atoms with Crippen LogP contribution >= 0.6 is 23.1 Å². The molecular weight excluding hydrogens is 260 g/mol. The quantitative estimate of drug-likeness (QED) is 0.882. The molecule has 1 aliphatic heterocycles. The fourth-order valence-corrected chi connectivity index (χ4v) is 4.72. The zero-order chi connectivity index (χ0) is 13.1. The van der Waals surface area contributed by atoms with Crippen LogP contribution in [0.5, 0.6) is 0 Å². The van der Waals surface area contributed by atoms with E-state index < -0.39 is 0 Å². The van der Waals surface area contributed by atoms with Gasteiger partial charge in [-0.3, -0.25) is 0 Å². The average molecular weight is 284 g/mol. The lowest BCUT2D eigenvalue weighted by molar-refractivity contribution is 0.364. The van der Waals surface area contributed by atoms with Gasteiger partial charge in [-0.1, -0.05) is 27.7 Å². The number of hydrogen-bond donors (Lipinski definition) is 1. The minimum Gasteiger partial charge on any atom is -0.305 e. The molecule has 0 amide bonds. The Labute approximate surface area is 119 Å². The van der Waals surface area contributed by atoms with Crippen LogP contribution in [0.4, 0.5) is 0 Å². The molecule has 0 saturated carbocycles. The van der Waals surface area contributed by atoms with E-state index in [-0.39, 0.29) is 0 Å². The minimum absolute atomic E-state index is 0.456. The van der Waals surface area contributed by atoms with Crippen molar-refractivity contribution in [1.82, 2.24) is 10.3 Å².